The molecule has 1 aromatic carbocycles. The lowest BCUT2D eigenvalue weighted by atomic mass is 10.1. The summed E-state index contributed by atoms with van der Waals surface area (Å²) in [5.74, 6) is 0. The van der Waals surface area contributed by atoms with Gasteiger partial charge in [-0.15, -0.1) is 0 Å². The minimum Gasteiger partial charge on any atom is -0.370 e. The largest absolute Gasteiger partial charge is 0.370 e. The molecule has 0 aliphatic rings. The summed E-state index contributed by atoms with van der Waals surface area (Å²) in [6.45, 7) is 10.2. The first-order valence-corrected chi connectivity index (χ1v) is 7.25. The van der Waals surface area contributed by atoms with Gasteiger partial charge in [0.15, 0.2) is 0 Å². The van der Waals surface area contributed by atoms with E-state index in [1.165, 1.54) is 5.56 Å². The second-order valence-electron chi connectivity index (χ2n) is 4.73. The lowest BCUT2D eigenvalue weighted by Crippen LogP contribution is -2.25. The van der Waals surface area contributed by atoms with Crippen molar-refractivity contribution in [2.75, 3.05) is 24.5 Å². The SMILES string of the molecule is CCCN(CCC)c1ccc(CNCC)cc1C#N. The van der Waals surface area contributed by atoms with E-state index < -0.39 is 0 Å². The molecular weight excluding hydrogens is 234 g/mol. The fourth-order valence-electron chi connectivity index (χ4n) is 2.22. The van der Waals surface area contributed by atoms with E-state index in [0.29, 0.717) is 0 Å². The van der Waals surface area contributed by atoms with Crippen LogP contribution in [0.3, 0.4) is 0 Å². The maximum Gasteiger partial charge on any atom is 0.101 e. The van der Waals surface area contributed by atoms with Crippen LogP contribution in [-0.2, 0) is 6.54 Å². The Morgan fingerprint density at radius 1 is 1.16 bits per heavy atom. The van der Waals surface area contributed by atoms with Gasteiger partial charge >= 0.3 is 0 Å². The number of nitriles is 1. The van der Waals surface area contributed by atoms with Gasteiger partial charge in [0.1, 0.15) is 6.07 Å². The Labute approximate surface area is 117 Å². The first-order valence-electron chi connectivity index (χ1n) is 7.25. The Hall–Kier alpha value is -1.53. The van der Waals surface area contributed by atoms with Crippen LogP contribution in [0.25, 0.3) is 0 Å². The van der Waals surface area contributed by atoms with E-state index in [1.54, 1.807) is 0 Å². The summed E-state index contributed by atoms with van der Waals surface area (Å²) < 4.78 is 0. The molecule has 0 radical (unpaired) electrons. The highest BCUT2D eigenvalue weighted by Crippen LogP contribution is 2.22. The van der Waals surface area contributed by atoms with Gasteiger partial charge in [-0.2, -0.15) is 5.26 Å². The summed E-state index contributed by atoms with van der Waals surface area (Å²) in [5, 5.41) is 12.6. The van der Waals surface area contributed by atoms with Gasteiger partial charge in [0.25, 0.3) is 0 Å². The third-order valence-corrected chi connectivity index (χ3v) is 3.09. The fraction of sp³-hybridized carbons (Fsp3) is 0.562. The average molecular weight is 259 g/mol. The zero-order valence-electron chi connectivity index (χ0n) is 12.4. The van der Waals surface area contributed by atoms with Crippen molar-refractivity contribution in [1.82, 2.24) is 5.32 Å². The lowest BCUT2D eigenvalue weighted by Gasteiger charge is -2.25. The molecule has 0 aliphatic heterocycles. The van der Waals surface area contributed by atoms with E-state index in [0.717, 1.165) is 50.3 Å². The number of anilines is 1. The second kappa shape index (κ2) is 8.55. The number of hydrogen-bond acceptors (Lipinski definition) is 3. The van der Waals surface area contributed by atoms with Crippen LogP contribution in [0.4, 0.5) is 5.69 Å². The van der Waals surface area contributed by atoms with Gasteiger partial charge < -0.3 is 10.2 Å². The van der Waals surface area contributed by atoms with Gasteiger partial charge in [-0.25, -0.2) is 0 Å². The third-order valence-electron chi connectivity index (χ3n) is 3.09. The van der Waals surface area contributed by atoms with Crippen LogP contribution in [0.1, 0.15) is 44.7 Å². The van der Waals surface area contributed by atoms with Crippen molar-refractivity contribution < 1.29 is 0 Å². The average Bonchev–Trinajstić information content (AvgIpc) is 2.44. The molecule has 1 rings (SSSR count). The molecule has 0 spiro atoms. The van der Waals surface area contributed by atoms with Crippen molar-refractivity contribution in [3.05, 3.63) is 29.3 Å². The molecular formula is C16H25N3. The normalized spacial score (nSPS) is 10.2. The van der Waals surface area contributed by atoms with Gasteiger partial charge in [0.05, 0.1) is 11.3 Å². The number of nitrogens with one attached hydrogen (secondary N) is 1. The van der Waals surface area contributed by atoms with Gasteiger partial charge in [-0.05, 0) is 37.1 Å². The lowest BCUT2D eigenvalue weighted by molar-refractivity contribution is 0.724. The van der Waals surface area contributed by atoms with Crippen LogP contribution in [0.2, 0.25) is 0 Å². The summed E-state index contributed by atoms with van der Waals surface area (Å²) in [5.41, 5.74) is 3.04. The molecule has 1 aromatic rings. The summed E-state index contributed by atoms with van der Waals surface area (Å²) in [7, 11) is 0. The van der Waals surface area contributed by atoms with Crippen molar-refractivity contribution in [1.29, 1.82) is 5.26 Å². The van der Waals surface area contributed by atoms with Crippen LogP contribution in [0.15, 0.2) is 18.2 Å². The monoisotopic (exact) mass is 259 g/mol. The number of benzene rings is 1. The number of hydrogen-bond donors (Lipinski definition) is 1. The Morgan fingerprint density at radius 3 is 2.37 bits per heavy atom. The molecule has 104 valence electrons. The molecule has 0 fully saturated rings. The molecule has 0 aliphatic carbocycles. The van der Waals surface area contributed by atoms with E-state index >= 15 is 0 Å². The quantitative estimate of drug-likeness (QED) is 0.778. The maximum absolute atomic E-state index is 9.36. The van der Waals surface area contributed by atoms with Gasteiger partial charge in [-0.1, -0.05) is 26.8 Å². The molecule has 0 amide bonds. The van der Waals surface area contributed by atoms with E-state index in [9.17, 15) is 5.26 Å². The molecule has 0 heterocycles. The molecule has 0 saturated carbocycles. The summed E-state index contributed by atoms with van der Waals surface area (Å²) >= 11 is 0. The molecule has 1 N–H and O–H groups in total. The van der Waals surface area contributed by atoms with Crippen LogP contribution >= 0.6 is 0 Å². The number of rotatable bonds is 8. The first kappa shape index (κ1) is 15.5. The maximum atomic E-state index is 9.36. The zero-order valence-corrected chi connectivity index (χ0v) is 12.4. The van der Waals surface area contributed by atoms with E-state index in [4.69, 9.17) is 0 Å². The first-order chi connectivity index (χ1) is 9.26. The Kier molecular flexibility index (Phi) is 6.99. The minimum atomic E-state index is 0.789. The summed E-state index contributed by atoms with van der Waals surface area (Å²) in [6.07, 6.45) is 2.20. The van der Waals surface area contributed by atoms with Gasteiger partial charge in [0.2, 0.25) is 0 Å². The van der Waals surface area contributed by atoms with E-state index in [2.05, 4.69) is 49.2 Å². The molecule has 0 unspecified atom stereocenters. The van der Waals surface area contributed by atoms with Gasteiger partial charge in [0, 0.05) is 19.6 Å². The summed E-state index contributed by atoms with van der Waals surface area (Å²) in [6, 6.07) is 8.57. The molecule has 0 atom stereocenters. The standard InChI is InChI=1S/C16H25N3/c1-4-9-19(10-5-2)16-8-7-14(13-18-6-3)11-15(16)12-17/h7-8,11,18H,4-6,9-10,13H2,1-3H3. The fourth-order valence-corrected chi connectivity index (χ4v) is 2.22. The van der Waals surface area contributed by atoms with E-state index in [-0.39, 0.29) is 0 Å². The van der Waals surface area contributed by atoms with E-state index in [1.807, 2.05) is 6.07 Å². The molecule has 0 aromatic heterocycles. The molecule has 0 bridgehead atoms. The minimum absolute atomic E-state index is 0.789. The van der Waals surface area contributed by atoms with Crippen molar-refractivity contribution in [3.63, 3.8) is 0 Å². The van der Waals surface area contributed by atoms with Crippen LogP contribution in [0.5, 0.6) is 0 Å². The van der Waals surface area contributed by atoms with Crippen LogP contribution < -0.4 is 10.2 Å². The third kappa shape index (κ3) is 4.57. The van der Waals surface area contributed by atoms with Crippen LogP contribution in [0, 0.1) is 11.3 Å². The molecule has 19 heavy (non-hydrogen) atoms. The van der Waals surface area contributed by atoms with Crippen molar-refractivity contribution in [3.8, 4) is 6.07 Å². The van der Waals surface area contributed by atoms with Crippen molar-refractivity contribution >= 4 is 5.69 Å². The van der Waals surface area contributed by atoms with Gasteiger partial charge in [-0.3, -0.25) is 0 Å². The highest BCUT2D eigenvalue weighted by molar-refractivity contribution is 5.60. The summed E-state index contributed by atoms with van der Waals surface area (Å²) in [4.78, 5) is 2.32. The van der Waals surface area contributed by atoms with Crippen LogP contribution in [-0.4, -0.2) is 19.6 Å². The Balaban J connectivity index is 2.96. The molecule has 0 saturated heterocycles. The predicted octanol–water partition coefficient (Wildman–Crippen LogP) is 3.29. The molecule has 3 heteroatoms. The smallest absolute Gasteiger partial charge is 0.101 e. The topological polar surface area (TPSA) is 39.1 Å². The highest BCUT2D eigenvalue weighted by atomic mass is 15.1. The Morgan fingerprint density at radius 2 is 1.84 bits per heavy atom. The van der Waals surface area contributed by atoms with Crippen molar-refractivity contribution in [2.45, 2.75) is 40.2 Å². The van der Waals surface area contributed by atoms with Crippen molar-refractivity contribution in [2.24, 2.45) is 0 Å². The molecule has 3 nitrogen and oxygen atoms in total. The zero-order chi connectivity index (χ0) is 14.1. The second-order valence-corrected chi connectivity index (χ2v) is 4.73. The highest BCUT2D eigenvalue weighted by Gasteiger charge is 2.10. The number of nitrogens with zero attached hydrogens (tertiary/aromatic N) is 2. The Bertz CT molecular complexity index is 414. The predicted molar refractivity (Wildman–Crippen MR) is 81.3 cm³/mol.